The van der Waals surface area contributed by atoms with Gasteiger partial charge in [-0.25, -0.2) is 0 Å². The number of nitrogens with two attached hydrogens (primary N) is 2. The van der Waals surface area contributed by atoms with Crippen molar-refractivity contribution in [3.8, 4) is 0 Å². The Morgan fingerprint density at radius 3 is 1.71 bits per heavy atom. The SMILES string of the molecule is N=C(N)N.O=[C]=[Co]. The van der Waals surface area contributed by atoms with Gasteiger partial charge in [0.2, 0.25) is 0 Å². The fraction of sp³-hybridized carbons (Fsp3) is 0. The van der Waals surface area contributed by atoms with Gasteiger partial charge in [0.15, 0.2) is 5.96 Å². The van der Waals surface area contributed by atoms with Crippen LogP contribution in [-0.2, 0) is 20.1 Å². The molecule has 0 aromatic rings. The first-order valence-electron chi connectivity index (χ1n) is 1.20. The number of carbonyl (C=O) groups excluding carboxylic acids is 1. The predicted octanol–water partition coefficient (Wildman–Crippen LogP) is -1.56. The first-order chi connectivity index (χ1) is 3.15. The summed E-state index contributed by atoms with van der Waals surface area (Å²) in [5, 5.41) is 6.06. The van der Waals surface area contributed by atoms with E-state index in [1.165, 1.54) is 4.82 Å². The van der Waals surface area contributed by atoms with Gasteiger partial charge in [-0.1, -0.05) is 0 Å². The molecule has 4 nitrogen and oxygen atoms in total. The molecule has 0 heterocycles. The Balaban J connectivity index is 0. The summed E-state index contributed by atoms with van der Waals surface area (Å²) in [5.74, 6) is -0.333. The molecule has 0 rings (SSSR count). The van der Waals surface area contributed by atoms with Crippen LogP contribution in [0.5, 0.6) is 0 Å². The molecule has 0 unspecified atom stereocenters. The Morgan fingerprint density at radius 2 is 1.71 bits per heavy atom. The van der Waals surface area contributed by atoms with Crippen LogP contribution in [0.4, 0.5) is 0 Å². The summed E-state index contributed by atoms with van der Waals surface area (Å²) in [5.41, 5.74) is 8.94. The topological polar surface area (TPSA) is 93.0 Å². The summed E-state index contributed by atoms with van der Waals surface area (Å²) < 4.78 is 0. The van der Waals surface area contributed by atoms with Gasteiger partial charge in [0.1, 0.15) is 0 Å². The maximum atomic E-state index is 8.54. The Kier molecular flexibility index (Phi) is 12.4. The summed E-state index contributed by atoms with van der Waals surface area (Å²) >= 11 is 3.02. The summed E-state index contributed by atoms with van der Waals surface area (Å²) in [6, 6.07) is 0. The zero-order valence-electron chi connectivity index (χ0n) is 3.40. The normalized spacial score (nSPS) is 4.71. The molecule has 0 aliphatic heterocycles. The summed E-state index contributed by atoms with van der Waals surface area (Å²) in [4.78, 5) is 9.73. The molecule has 0 fully saturated rings. The predicted molar refractivity (Wildman–Crippen MR) is 21.8 cm³/mol. The van der Waals surface area contributed by atoms with Crippen LogP contribution in [0.15, 0.2) is 0 Å². The van der Waals surface area contributed by atoms with Crippen molar-refractivity contribution in [2.45, 2.75) is 0 Å². The zero-order chi connectivity index (χ0) is 6.28. The Morgan fingerprint density at radius 1 is 1.71 bits per heavy atom. The van der Waals surface area contributed by atoms with Gasteiger partial charge in [-0.15, -0.1) is 0 Å². The molecule has 0 aliphatic carbocycles. The number of rotatable bonds is 0. The van der Waals surface area contributed by atoms with E-state index in [1.54, 1.807) is 0 Å². The van der Waals surface area contributed by atoms with E-state index >= 15 is 0 Å². The van der Waals surface area contributed by atoms with Crippen LogP contribution in [0, 0.1) is 5.41 Å². The number of hydrogen-bond donors (Lipinski definition) is 3. The van der Waals surface area contributed by atoms with E-state index in [2.05, 4.69) is 26.8 Å². The van der Waals surface area contributed by atoms with Gasteiger partial charge in [0.25, 0.3) is 0 Å². The second-order valence-electron chi connectivity index (χ2n) is 0.523. The van der Waals surface area contributed by atoms with Crippen LogP contribution in [0.1, 0.15) is 0 Å². The van der Waals surface area contributed by atoms with E-state index in [9.17, 15) is 0 Å². The van der Waals surface area contributed by atoms with Crippen LogP contribution in [0.2, 0.25) is 0 Å². The van der Waals surface area contributed by atoms with E-state index in [0.717, 1.165) is 0 Å². The molecular formula is C2H5CoN3O. The molecule has 0 saturated carbocycles. The maximum absolute atomic E-state index is 8.54. The standard InChI is InChI=1S/CH5N3.CO.Co/c2-1(3)4;1-2;/h(H5,2,3,4);;. The van der Waals surface area contributed by atoms with E-state index in [1.807, 2.05) is 0 Å². The summed E-state index contributed by atoms with van der Waals surface area (Å²) in [6.45, 7) is 0. The molecule has 0 amide bonds. The van der Waals surface area contributed by atoms with Gasteiger partial charge in [0, 0.05) is 0 Å². The number of guanidine groups is 1. The zero-order valence-corrected chi connectivity index (χ0v) is 4.44. The fourth-order valence-corrected chi connectivity index (χ4v) is 0. The quantitative estimate of drug-likeness (QED) is 0.285. The van der Waals surface area contributed by atoms with Crippen molar-refractivity contribution in [1.82, 2.24) is 0 Å². The van der Waals surface area contributed by atoms with Crippen LogP contribution in [-0.4, -0.2) is 10.8 Å². The molecule has 0 spiro atoms. The molecule has 0 radical (unpaired) electrons. The van der Waals surface area contributed by atoms with Crippen molar-refractivity contribution in [3.05, 3.63) is 0 Å². The Bertz CT molecular complexity index is 80.9. The van der Waals surface area contributed by atoms with Gasteiger partial charge in [-0.2, -0.15) is 0 Å². The van der Waals surface area contributed by atoms with E-state index in [0.29, 0.717) is 0 Å². The molecule has 43 valence electrons. The average molecular weight is 146 g/mol. The third-order valence-electron chi connectivity index (χ3n) is 0. The third kappa shape index (κ3) is 146. The molecule has 0 aromatic carbocycles. The van der Waals surface area contributed by atoms with Crippen molar-refractivity contribution in [2.75, 3.05) is 0 Å². The first kappa shape index (κ1) is 9.61. The molecule has 7 heavy (non-hydrogen) atoms. The van der Waals surface area contributed by atoms with Crippen molar-refractivity contribution < 1.29 is 20.1 Å². The van der Waals surface area contributed by atoms with Gasteiger partial charge in [-0.05, 0) is 0 Å². The van der Waals surface area contributed by atoms with Crippen molar-refractivity contribution in [2.24, 2.45) is 11.5 Å². The minimum absolute atomic E-state index is 0.333. The summed E-state index contributed by atoms with van der Waals surface area (Å²) in [7, 11) is 0. The van der Waals surface area contributed by atoms with Crippen LogP contribution < -0.4 is 11.5 Å². The molecule has 0 bridgehead atoms. The van der Waals surface area contributed by atoms with Crippen LogP contribution in [0.3, 0.4) is 0 Å². The van der Waals surface area contributed by atoms with Crippen LogP contribution in [0.25, 0.3) is 0 Å². The Hall–Kier alpha value is -0.644. The van der Waals surface area contributed by atoms with Gasteiger partial charge >= 0.3 is 24.9 Å². The van der Waals surface area contributed by atoms with Crippen LogP contribution >= 0.6 is 0 Å². The molecule has 0 atom stereocenters. The summed E-state index contributed by atoms with van der Waals surface area (Å²) in [6.07, 6.45) is 0. The van der Waals surface area contributed by atoms with Crippen molar-refractivity contribution >= 4 is 10.8 Å². The molecule has 5 N–H and O–H groups in total. The molecule has 0 aliphatic rings. The second kappa shape index (κ2) is 9.02. The number of hydrogen-bond acceptors (Lipinski definition) is 2. The van der Waals surface area contributed by atoms with E-state index in [4.69, 9.17) is 10.2 Å². The number of nitrogens with one attached hydrogen (secondary N) is 1. The Labute approximate surface area is 48.5 Å². The second-order valence-corrected chi connectivity index (χ2v) is 0.736. The van der Waals surface area contributed by atoms with E-state index < -0.39 is 0 Å². The fourth-order valence-electron chi connectivity index (χ4n) is 0. The van der Waals surface area contributed by atoms with Gasteiger partial charge < -0.3 is 11.5 Å². The molecule has 0 saturated heterocycles. The first-order valence-corrected chi connectivity index (χ1v) is 1.72. The third-order valence-corrected chi connectivity index (χ3v) is 0. The minimum atomic E-state index is -0.333. The van der Waals surface area contributed by atoms with Crippen molar-refractivity contribution in [3.63, 3.8) is 0 Å². The monoisotopic (exact) mass is 146 g/mol. The van der Waals surface area contributed by atoms with Crippen molar-refractivity contribution in [1.29, 1.82) is 5.41 Å². The van der Waals surface area contributed by atoms with Gasteiger partial charge in [-0.3, -0.25) is 5.41 Å². The molecular weight excluding hydrogens is 141 g/mol. The molecule has 5 heteroatoms. The van der Waals surface area contributed by atoms with E-state index in [-0.39, 0.29) is 5.96 Å². The van der Waals surface area contributed by atoms with Gasteiger partial charge in [0.05, 0.1) is 0 Å². The molecule has 0 aromatic heterocycles. The average Bonchev–Trinajstić information content (AvgIpc) is 1.33.